The van der Waals surface area contributed by atoms with Crippen molar-refractivity contribution < 1.29 is 30.0 Å². The fraction of sp³-hybridized carbons (Fsp3) is 0.478. The molecule has 166 valence electrons. The minimum absolute atomic E-state index is 0.126. The molecule has 7 atom stereocenters. The largest absolute Gasteiger partial charge is 0.511 e. The molecule has 1 amide bonds. The Hall–Kier alpha value is -2.84. The maximum atomic E-state index is 13.4. The molecule has 0 aliphatic heterocycles. The third-order valence-corrected chi connectivity index (χ3v) is 7.28. The summed E-state index contributed by atoms with van der Waals surface area (Å²) in [4.78, 5) is 25.4. The van der Waals surface area contributed by atoms with Crippen LogP contribution in [0, 0.1) is 29.6 Å². The number of allylic oxidation sites excluding steroid dienone is 5. The molecule has 8 heteroatoms. The number of fused-ring (bicyclic) bond motifs is 3. The Bertz CT molecular complexity index is 975. The number of aliphatic hydroxyl groups excluding tert-OH is 4. The highest BCUT2D eigenvalue weighted by atomic mass is 16.3. The van der Waals surface area contributed by atoms with Crippen LogP contribution in [0.15, 0.2) is 58.8 Å². The molecule has 0 aromatic carbocycles. The van der Waals surface area contributed by atoms with Crippen LogP contribution in [0.4, 0.5) is 0 Å². The van der Waals surface area contributed by atoms with E-state index in [1.807, 2.05) is 13.0 Å². The van der Waals surface area contributed by atoms with Gasteiger partial charge in [-0.1, -0.05) is 19.1 Å². The Morgan fingerprint density at radius 2 is 1.97 bits per heavy atom. The van der Waals surface area contributed by atoms with Crippen LogP contribution in [-0.4, -0.2) is 50.8 Å². The number of Topliss-reactive ketones (excluding diaryl/α,β-unsaturated/α-hetero) is 1. The maximum absolute atomic E-state index is 13.4. The predicted molar refractivity (Wildman–Crippen MR) is 113 cm³/mol. The first kappa shape index (κ1) is 21.4. The van der Waals surface area contributed by atoms with Crippen LogP contribution >= 0.6 is 0 Å². The smallest absolute Gasteiger partial charge is 0.250 e. The zero-order valence-corrected chi connectivity index (χ0v) is 17.3. The van der Waals surface area contributed by atoms with Crippen LogP contribution in [-0.2, 0) is 9.59 Å². The number of primary amides is 1. The normalized spacial score (nSPS) is 37.4. The Kier molecular flexibility index (Phi) is 5.31. The number of nitrogens with one attached hydrogen (secondary N) is 1. The number of likely N-dealkylation sites (N-methyl/N-ethyl adjacent to an activating group) is 1. The average Bonchev–Trinajstić information content (AvgIpc) is 2.70. The maximum Gasteiger partial charge on any atom is 0.250 e. The summed E-state index contributed by atoms with van der Waals surface area (Å²) in [5.74, 6) is -4.52. The Labute approximate surface area is 180 Å². The molecule has 0 saturated heterocycles. The van der Waals surface area contributed by atoms with Crippen molar-refractivity contribution >= 4 is 11.7 Å². The van der Waals surface area contributed by atoms with Crippen molar-refractivity contribution in [2.24, 2.45) is 35.3 Å². The summed E-state index contributed by atoms with van der Waals surface area (Å²) in [7, 11) is 0. The van der Waals surface area contributed by atoms with E-state index in [1.54, 1.807) is 6.08 Å². The van der Waals surface area contributed by atoms with Crippen molar-refractivity contribution in [3.63, 3.8) is 0 Å². The van der Waals surface area contributed by atoms with E-state index in [0.717, 1.165) is 0 Å². The van der Waals surface area contributed by atoms with Crippen molar-refractivity contribution in [1.29, 1.82) is 0 Å². The van der Waals surface area contributed by atoms with Gasteiger partial charge in [0.25, 0.3) is 5.91 Å². The summed E-state index contributed by atoms with van der Waals surface area (Å²) < 4.78 is 0. The quantitative estimate of drug-likeness (QED) is 0.371. The Morgan fingerprint density at radius 1 is 1.26 bits per heavy atom. The fourth-order valence-electron chi connectivity index (χ4n) is 6.04. The van der Waals surface area contributed by atoms with Crippen LogP contribution in [0.1, 0.15) is 19.8 Å². The van der Waals surface area contributed by atoms with Crippen molar-refractivity contribution in [2.75, 3.05) is 6.54 Å². The summed E-state index contributed by atoms with van der Waals surface area (Å²) >= 11 is 0. The van der Waals surface area contributed by atoms with Gasteiger partial charge in [-0.25, -0.2) is 0 Å². The molecule has 4 unspecified atom stereocenters. The van der Waals surface area contributed by atoms with Gasteiger partial charge in [-0.2, -0.15) is 0 Å². The van der Waals surface area contributed by atoms with Crippen molar-refractivity contribution in [3.8, 4) is 0 Å². The number of ketones is 1. The fourth-order valence-corrected chi connectivity index (χ4v) is 6.04. The summed E-state index contributed by atoms with van der Waals surface area (Å²) in [6.45, 7) is 6.25. The van der Waals surface area contributed by atoms with Crippen molar-refractivity contribution in [3.05, 3.63) is 58.8 Å². The number of rotatable bonds is 4. The highest BCUT2D eigenvalue weighted by Gasteiger charge is 2.56. The molecule has 1 fully saturated rings. The molecule has 4 rings (SSSR count). The highest BCUT2D eigenvalue weighted by Crippen LogP contribution is 2.54. The monoisotopic (exact) mass is 428 g/mol. The van der Waals surface area contributed by atoms with Crippen LogP contribution < -0.4 is 11.1 Å². The van der Waals surface area contributed by atoms with Gasteiger partial charge < -0.3 is 31.5 Å². The van der Waals surface area contributed by atoms with Gasteiger partial charge >= 0.3 is 0 Å². The first-order valence-corrected chi connectivity index (χ1v) is 10.6. The molecule has 0 radical (unpaired) electrons. The Balaban J connectivity index is 1.90. The number of hydrogen-bond donors (Lipinski definition) is 6. The summed E-state index contributed by atoms with van der Waals surface area (Å²) in [5, 5.41) is 46.4. The van der Waals surface area contributed by atoms with E-state index in [1.165, 1.54) is 6.08 Å². The third kappa shape index (κ3) is 2.96. The molecule has 0 spiro atoms. The standard InChI is InChI=1S/C23H28N2O6/c1-3-9-10-6-5-7-13(26)14(10)19(27)15-11(9)8-12-16(20(15)28)21(29)17(23(24)31)22(30)18(12)25-4-2/h3,5,7,9-12,16,18,21,25-26,28-30H,1,4,6,8H2,2H3,(H2,24,31)/t9-,10?,11?,12+,16?,18-,21?/m0/s1. The van der Waals surface area contributed by atoms with Gasteiger partial charge in [0, 0.05) is 17.1 Å². The van der Waals surface area contributed by atoms with Crippen molar-refractivity contribution in [2.45, 2.75) is 31.9 Å². The van der Waals surface area contributed by atoms with Crippen LogP contribution in [0.3, 0.4) is 0 Å². The minimum Gasteiger partial charge on any atom is -0.511 e. The van der Waals surface area contributed by atoms with E-state index < -0.39 is 41.6 Å². The van der Waals surface area contributed by atoms with E-state index >= 15 is 0 Å². The molecule has 1 saturated carbocycles. The molecule has 0 aromatic heterocycles. The molecule has 0 aromatic rings. The lowest BCUT2D eigenvalue weighted by Crippen LogP contribution is -2.56. The molecule has 0 bridgehead atoms. The zero-order valence-electron chi connectivity index (χ0n) is 17.3. The van der Waals surface area contributed by atoms with Crippen LogP contribution in [0.5, 0.6) is 0 Å². The molecule has 0 heterocycles. The Morgan fingerprint density at radius 3 is 2.58 bits per heavy atom. The lowest BCUT2D eigenvalue weighted by molar-refractivity contribution is -0.117. The van der Waals surface area contributed by atoms with E-state index in [0.29, 0.717) is 19.4 Å². The lowest BCUT2D eigenvalue weighted by atomic mass is 9.55. The predicted octanol–water partition coefficient (Wildman–Crippen LogP) is 1.47. The molecular weight excluding hydrogens is 400 g/mol. The summed E-state index contributed by atoms with van der Waals surface area (Å²) in [6.07, 6.45) is 4.44. The molecule has 8 nitrogen and oxygen atoms in total. The van der Waals surface area contributed by atoms with Gasteiger partial charge in [0.15, 0.2) is 5.78 Å². The molecule has 4 aliphatic rings. The van der Waals surface area contributed by atoms with E-state index in [-0.39, 0.29) is 45.8 Å². The second-order valence-corrected chi connectivity index (χ2v) is 8.66. The van der Waals surface area contributed by atoms with E-state index in [2.05, 4.69) is 11.9 Å². The minimum atomic E-state index is -1.55. The number of nitrogens with two attached hydrogens (primary N) is 1. The van der Waals surface area contributed by atoms with Gasteiger partial charge in [0.2, 0.25) is 0 Å². The number of carbonyl (C=O) groups excluding carboxylic acids is 2. The third-order valence-electron chi connectivity index (χ3n) is 7.28. The molecule has 4 aliphatic carbocycles. The number of carbonyl (C=O) groups is 2. The second-order valence-electron chi connectivity index (χ2n) is 8.66. The number of hydrogen-bond acceptors (Lipinski definition) is 7. The molecular formula is C23H28N2O6. The second kappa shape index (κ2) is 7.69. The van der Waals surface area contributed by atoms with Crippen molar-refractivity contribution in [1.82, 2.24) is 5.32 Å². The van der Waals surface area contributed by atoms with E-state index in [4.69, 9.17) is 5.73 Å². The summed E-state index contributed by atoms with van der Waals surface area (Å²) in [5.41, 5.74) is 5.43. The first-order valence-electron chi connectivity index (χ1n) is 10.6. The molecule has 7 N–H and O–H groups in total. The molecule has 31 heavy (non-hydrogen) atoms. The van der Waals surface area contributed by atoms with Gasteiger partial charge in [-0.3, -0.25) is 9.59 Å². The number of aliphatic hydroxyl groups is 4. The van der Waals surface area contributed by atoms with Crippen LogP contribution in [0.2, 0.25) is 0 Å². The number of amides is 1. The first-order chi connectivity index (χ1) is 14.7. The average molecular weight is 428 g/mol. The van der Waals surface area contributed by atoms with E-state index in [9.17, 15) is 30.0 Å². The summed E-state index contributed by atoms with van der Waals surface area (Å²) in [6, 6.07) is -0.707. The van der Waals surface area contributed by atoms with Gasteiger partial charge in [0.1, 0.15) is 17.3 Å². The van der Waals surface area contributed by atoms with Gasteiger partial charge in [-0.05, 0) is 43.2 Å². The topological polar surface area (TPSA) is 153 Å². The van der Waals surface area contributed by atoms with Gasteiger partial charge in [-0.15, -0.1) is 6.58 Å². The van der Waals surface area contributed by atoms with Crippen LogP contribution in [0.25, 0.3) is 0 Å². The SMILES string of the molecule is C=C[C@H]1C2CC=CC(O)=C2C(=O)C2=C(O)C3C(O)C(C(N)=O)=C(O)[C@@H](NCC)[C@@H]3CC21. The zero-order chi connectivity index (χ0) is 22.6. The van der Waals surface area contributed by atoms with Gasteiger partial charge in [0.05, 0.1) is 23.6 Å². The highest BCUT2D eigenvalue weighted by molar-refractivity contribution is 6.11. The lowest BCUT2D eigenvalue weighted by Gasteiger charge is -2.50.